The second kappa shape index (κ2) is 9.00. The molecule has 0 aromatic heterocycles. The van der Waals surface area contributed by atoms with Gasteiger partial charge in [0.1, 0.15) is 5.75 Å². The second-order valence-electron chi connectivity index (χ2n) is 5.57. The zero-order valence-corrected chi connectivity index (χ0v) is 14.3. The van der Waals surface area contributed by atoms with Gasteiger partial charge in [-0.2, -0.15) is 0 Å². The number of nitrogens with one attached hydrogen (secondary N) is 1. The predicted octanol–water partition coefficient (Wildman–Crippen LogP) is 2.78. The maximum atomic E-state index is 12.5. The molecule has 0 aliphatic carbocycles. The van der Waals surface area contributed by atoms with Gasteiger partial charge in [-0.05, 0) is 25.0 Å². The molecule has 1 saturated heterocycles. The van der Waals surface area contributed by atoms with Crippen LogP contribution in [0, 0.1) is 0 Å². The lowest BCUT2D eigenvalue weighted by Crippen LogP contribution is -2.39. The standard InChI is InChI=1S/C17H25N3O4/c1-3-13-24-15-8-5-4-7-14(15)18-16(21)19-9-6-10-20(12-11-19)17(22)23-2/h4-5,7-8H,3,6,9-13H2,1-2H3,(H,18,21). The van der Waals surface area contributed by atoms with E-state index in [0.29, 0.717) is 44.2 Å². The van der Waals surface area contributed by atoms with E-state index in [1.807, 2.05) is 31.2 Å². The Hall–Kier alpha value is -2.44. The third-order valence-corrected chi connectivity index (χ3v) is 3.81. The average molecular weight is 335 g/mol. The molecular formula is C17H25N3O4. The first kappa shape index (κ1) is 17.9. The topological polar surface area (TPSA) is 71.1 Å². The third kappa shape index (κ3) is 4.78. The van der Waals surface area contributed by atoms with Crippen LogP contribution in [0.1, 0.15) is 19.8 Å². The number of nitrogens with zero attached hydrogens (tertiary/aromatic N) is 2. The first-order chi connectivity index (χ1) is 11.7. The van der Waals surface area contributed by atoms with E-state index in [1.165, 1.54) is 7.11 Å². The molecule has 0 radical (unpaired) electrons. The van der Waals surface area contributed by atoms with Gasteiger partial charge in [-0.15, -0.1) is 0 Å². The van der Waals surface area contributed by atoms with Gasteiger partial charge < -0.3 is 24.6 Å². The van der Waals surface area contributed by atoms with Gasteiger partial charge in [0.05, 0.1) is 19.4 Å². The van der Waals surface area contributed by atoms with Crippen molar-refractivity contribution >= 4 is 17.8 Å². The van der Waals surface area contributed by atoms with E-state index in [1.54, 1.807) is 9.80 Å². The van der Waals surface area contributed by atoms with Gasteiger partial charge >= 0.3 is 12.1 Å². The molecule has 1 aromatic carbocycles. The minimum absolute atomic E-state index is 0.186. The molecule has 1 fully saturated rings. The third-order valence-electron chi connectivity index (χ3n) is 3.81. The van der Waals surface area contributed by atoms with Gasteiger partial charge in [0.2, 0.25) is 0 Å². The van der Waals surface area contributed by atoms with Crippen molar-refractivity contribution in [2.75, 3.05) is 45.2 Å². The molecule has 7 nitrogen and oxygen atoms in total. The molecule has 7 heteroatoms. The van der Waals surface area contributed by atoms with Crippen molar-refractivity contribution < 1.29 is 19.1 Å². The Morgan fingerprint density at radius 1 is 1.12 bits per heavy atom. The van der Waals surface area contributed by atoms with Gasteiger partial charge in [0.15, 0.2) is 0 Å². The maximum Gasteiger partial charge on any atom is 0.409 e. The fourth-order valence-electron chi connectivity index (χ4n) is 2.53. The van der Waals surface area contributed by atoms with Crippen LogP contribution in [0.15, 0.2) is 24.3 Å². The van der Waals surface area contributed by atoms with Crippen molar-refractivity contribution in [2.24, 2.45) is 0 Å². The number of methoxy groups -OCH3 is 1. The predicted molar refractivity (Wildman–Crippen MR) is 91.4 cm³/mol. The zero-order chi connectivity index (χ0) is 17.4. The van der Waals surface area contributed by atoms with Crippen molar-refractivity contribution in [2.45, 2.75) is 19.8 Å². The van der Waals surface area contributed by atoms with Crippen LogP contribution in [-0.2, 0) is 4.74 Å². The van der Waals surface area contributed by atoms with Gasteiger partial charge in [-0.1, -0.05) is 19.1 Å². The number of anilines is 1. The van der Waals surface area contributed by atoms with E-state index < -0.39 is 0 Å². The Morgan fingerprint density at radius 2 is 1.83 bits per heavy atom. The quantitative estimate of drug-likeness (QED) is 0.918. The largest absolute Gasteiger partial charge is 0.491 e. The lowest BCUT2D eigenvalue weighted by molar-refractivity contribution is 0.125. The van der Waals surface area contributed by atoms with Crippen LogP contribution in [-0.4, -0.2) is 61.8 Å². The van der Waals surface area contributed by atoms with Crippen molar-refractivity contribution in [3.8, 4) is 5.75 Å². The molecule has 0 saturated carbocycles. The summed E-state index contributed by atoms with van der Waals surface area (Å²) < 4.78 is 10.4. The Balaban J connectivity index is 1.96. The summed E-state index contributed by atoms with van der Waals surface area (Å²) in [5.74, 6) is 0.665. The number of ether oxygens (including phenoxy) is 2. The number of rotatable bonds is 4. The molecule has 1 aromatic rings. The summed E-state index contributed by atoms with van der Waals surface area (Å²) in [6.45, 7) is 4.76. The summed E-state index contributed by atoms with van der Waals surface area (Å²) in [5, 5.41) is 2.90. The Labute approximate surface area is 142 Å². The first-order valence-corrected chi connectivity index (χ1v) is 8.26. The number of urea groups is 1. The van der Waals surface area contributed by atoms with Crippen LogP contribution in [0.25, 0.3) is 0 Å². The van der Waals surface area contributed by atoms with E-state index in [9.17, 15) is 9.59 Å². The molecule has 3 amide bonds. The molecule has 1 heterocycles. The summed E-state index contributed by atoms with van der Waals surface area (Å²) in [5.41, 5.74) is 0.657. The Bertz CT molecular complexity index is 565. The minimum Gasteiger partial charge on any atom is -0.491 e. The molecule has 0 unspecified atom stereocenters. The average Bonchev–Trinajstić information content (AvgIpc) is 2.86. The van der Waals surface area contributed by atoms with E-state index in [0.717, 1.165) is 12.8 Å². The monoisotopic (exact) mass is 335 g/mol. The minimum atomic E-state index is -0.351. The van der Waals surface area contributed by atoms with Crippen molar-refractivity contribution in [1.29, 1.82) is 0 Å². The number of carbonyl (C=O) groups excluding carboxylic acids is 2. The van der Waals surface area contributed by atoms with Crippen LogP contribution in [0.5, 0.6) is 5.75 Å². The highest BCUT2D eigenvalue weighted by atomic mass is 16.5. The lowest BCUT2D eigenvalue weighted by atomic mass is 10.3. The molecule has 132 valence electrons. The molecule has 0 spiro atoms. The summed E-state index contributed by atoms with van der Waals surface area (Å²) >= 11 is 0. The number of benzene rings is 1. The molecule has 0 bridgehead atoms. The fraction of sp³-hybridized carbons (Fsp3) is 0.529. The number of hydrogen-bond acceptors (Lipinski definition) is 4. The molecule has 1 N–H and O–H groups in total. The number of hydrogen-bond donors (Lipinski definition) is 1. The lowest BCUT2D eigenvalue weighted by Gasteiger charge is -2.22. The van der Waals surface area contributed by atoms with Crippen molar-refractivity contribution in [1.82, 2.24) is 9.80 Å². The highest BCUT2D eigenvalue weighted by molar-refractivity contribution is 5.91. The summed E-state index contributed by atoms with van der Waals surface area (Å²) in [6.07, 6.45) is 1.27. The van der Waals surface area contributed by atoms with E-state index in [4.69, 9.17) is 9.47 Å². The molecule has 2 rings (SSSR count). The highest BCUT2D eigenvalue weighted by Gasteiger charge is 2.22. The molecular weight excluding hydrogens is 310 g/mol. The van der Waals surface area contributed by atoms with Gasteiger partial charge in [0.25, 0.3) is 0 Å². The van der Waals surface area contributed by atoms with E-state index in [2.05, 4.69) is 5.32 Å². The van der Waals surface area contributed by atoms with Crippen LogP contribution < -0.4 is 10.1 Å². The summed E-state index contributed by atoms with van der Waals surface area (Å²) in [7, 11) is 1.37. The maximum absolute atomic E-state index is 12.5. The number of carbonyl (C=O) groups is 2. The van der Waals surface area contributed by atoms with Gasteiger partial charge in [-0.3, -0.25) is 0 Å². The van der Waals surface area contributed by atoms with E-state index >= 15 is 0 Å². The van der Waals surface area contributed by atoms with Crippen molar-refractivity contribution in [3.63, 3.8) is 0 Å². The Morgan fingerprint density at radius 3 is 2.58 bits per heavy atom. The number of para-hydroxylation sites is 2. The van der Waals surface area contributed by atoms with Crippen molar-refractivity contribution in [3.05, 3.63) is 24.3 Å². The van der Waals surface area contributed by atoms with Crippen LogP contribution in [0.4, 0.5) is 15.3 Å². The van der Waals surface area contributed by atoms with Gasteiger partial charge in [-0.25, -0.2) is 9.59 Å². The molecule has 0 atom stereocenters. The van der Waals surface area contributed by atoms with Crippen LogP contribution in [0.2, 0.25) is 0 Å². The molecule has 1 aliphatic heterocycles. The summed E-state index contributed by atoms with van der Waals surface area (Å²) in [6, 6.07) is 7.21. The fourth-order valence-corrected chi connectivity index (χ4v) is 2.53. The van der Waals surface area contributed by atoms with Crippen LogP contribution in [0.3, 0.4) is 0 Å². The normalized spacial score (nSPS) is 14.8. The van der Waals surface area contributed by atoms with Crippen LogP contribution >= 0.6 is 0 Å². The van der Waals surface area contributed by atoms with Gasteiger partial charge in [0, 0.05) is 26.2 Å². The molecule has 1 aliphatic rings. The first-order valence-electron chi connectivity index (χ1n) is 8.26. The van der Waals surface area contributed by atoms with E-state index in [-0.39, 0.29) is 12.1 Å². The second-order valence-corrected chi connectivity index (χ2v) is 5.57. The highest BCUT2D eigenvalue weighted by Crippen LogP contribution is 2.24. The summed E-state index contributed by atoms with van der Waals surface area (Å²) in [4.78, 5) is 27.4. The smallest absolute Gasteiger partial charge is 0.409 e. The zero-order valence-electron chi connectivity index (χ0n) is 14.3. The number of amides is 3. The molecule has 24 heavy (non-hydrogen) atoms. The Kier molecular flexibility index (Phi) is 6.72. The SMILES string of the molecule is CCCOc1ccccc1NC(=O)N1CCCN(C(=O)OC)CC1.